The Hall–Kier alpha value is -2.12. The zero-order valence-corrected chi connectivity index (χ0v) is 23.4. The zero-order valence-electron chi connectivity index (χ0n) is 21.0. The number of urea groups is 1. The number of nitrogens with zero attached hydrogens (tertiary/aromatic N) is 3. The van der Waals surface area contributed by atoms with Crippen molar-refractivity contribution >= 4 is 64.2 Å². The van der Waals surface area contributed by atoms with Gasteiger partial charge in [0.05, 0.1) is 21.4 Å². The first kappa shape index (κ1) is 26.5. The Labute approximate surface area is 235 Å². The second kappa shape index (κ2) is 12.2. The van der Waals surface area contributed by atoms with E-state index in [1.807, 2.05) is 42.5 Å². The largest absolute Gasteiger partial charge is 0.368 e. The number of nitrogens with one attached hydrogen (secondary N) is 1. The van der Waals surface area contributed by atoms with Crippen molar-refractivity contribution in [2.24, 2.45) is 5.92 Å². The van der Waals surface area contributed by atoms with Gasteiger partial charge in [-0.25, -0.2) is 4.79 Å². The highest BCUT2D eigenvalue weighted by Crippen LogP contribution is 2.34. The quantitative estimate of drug-likeness (QED) is 0.307. The lowest BCUT2D eigenvalue weighted by Crippen LogP contribution is -2.47. The van der Waals surface area contributed by atoms with E-state index >= 15 is 0 Å². The molecule has 37 heavy (non-hydrogen) atoms. The molecule has 8 heteroatoms. The Kier molecular flexibility index (Phi) is 8.71. The number of benzene rings is 3. The van der Waals surface area contributed by atoms with E-state index in [4.69, 9.17) is 23.2 Å². The lowest BCUT2D eigenvalue weighted by molar-refractivity contribution is 0.188. The number of thiol groups is 1. The van der Waals surface area contributed by atoms with Crippen molar-refractivity contribution in [1.29, 1.82) is 0 Å². The topological polar surface area (TPSA) is 38.8 Å². The summed E-state index contributed by atoms with van der Waals surface area (Å²) in [6, 6.07) is 19.9. The summed E-state index contributed by atoms with van der Waals surface area (Å²) in [6.07, 6.45) is 5.48. The van der Waals surface area contributed by atoms with Gasteiger partial charge in [0.1, 0.15) is 0 Å². The predicted octanol–water partition coefficient (Wildman–Crippen LogP) is 7.60. The van der Waals surface area contributed by atoms with E-state index in [1.165, 1.54) is 6.42 Å². The second-order valence-electron chi connectivity index (χ2n) is 10.2. The van der Waals surface area contributed by atoms with E-state index in [9.17, 15) is 4.79 Å². The first-order valence-corrected chi connectivity index (χ1v) is 14.3. The predicted molar refractivity (Wildman–Crippen MR) is 159 cm³/mol. The van der Waals surface area contributed by atoms with Gasteiger partial charge in [-0.05, 0) is 68.2 Å². The smallest absolute Gasteiger partial charge is 0.331 e. The van der Waals surface area contributed by atoms with Crippen molar-refractivity contribution in [3.63, 3.8) is 0 Å². The molecule has 0 spiro atoms. The molecule has 1 heterocycles. The summed E-state index contributed by atoms with van der Waals surface area (Å²) in [5, 5.41) is 6.49. The van der Waals surface area contributed by atoms with Crippen molar-refractivity contribution in [1.82, 2.24) is 9.21 Å². The monoisotopic (exact) mass is 556 g/mol. The number of amides is 2. The van der Waals surface area contributed by atoms with Gasteiger partial charge in [-0.1, -0.05) is 78.5 Å². The van der Waals surface area contributed by atoms with Gasteiger partial charge in [0.2, 0.25) is 0 Å². The fraction of sp³-hybridized carbons (Fsp3) is 0.414. The van der Waals surface area contributed by atoms with E-state index < -0.39 is 0 Å². The maximum absolute atomic E-state index is 13.0. The number of fused-ring (bicyclic) bond motifs is 1. The van der Waals surface area contributed by atoms with E-state index in [2.05, 4.69) is 46.1 Å². The molecule has 2 aliphatic rings. The van der Waals surface area contributed by atoms with Crippen molar-refractivity contribution in [2.75, 3.05) is 42.9 Å². The van der Waals surface area contributed by atoms with E-state index in [0.717, 1.165) is 80.6 Å². The third-order valence-corrected chi connectivity index (χ3v) is 9.22. The molecular weight excluding hydrogens is 523 g/mol. The highest BCUT2D eigenvalue weighted by Gasteiger charge is 2.28. The highest BCUT2D eigenvalue weighted by atomic mass is 35.5. The van der Waals surface area contributed by atoms with Crippen LogP contribution in [-0.4, -0.2) is 54.0 Å². The third kappa shape index (κ3) is 6.31. The first-order chi connectivity index (χ1) is 18.0. The third-order valence-electron chi connectivity index (χ3n) is 7.90. The van der Waals surface area contributed by atoms with Gasteiger partial charge >= 0.3 is 6.03 Å². The molecule has 0 atom stereocenters. The first-order valence-electron chi connectivity index (χ1n) is 13.2. The van der Waals surface area contributed by atoms with Gasteiger partial charge < -0.3 is 10.2 Å². The molecule has 2 amide bonds. The summed E-state index contributed by atoms with van der Waals surface area (Å²) in [4.78, 5) is 17.8. The number of carbonyl (C=O) groups is 1. The second-order valence-corrected chi connectivity index (χ2v) is 11.4. The molecule has 0 bridgehead atoms. The molecule has 0 radical (unpaired) electrons. The molecule has 196 valence electrons. The summed E-state index contributed by atoms with van der Waals surface area (Å²) >= 11 is 17.2. The van der Waals surface area contributed by atoms with Crippen LogP contribution in [0.15, 0.2) is 60.7 Å². The van der Waals surface area contributed by atoms with Crippen molar-refractivity contribution in [3.05, 3.63) is 70.7 Å². The van der Waals surface area contributed by atoms with Crippen LogP contribution in [0.5, 0.6) is 0 Å². The Balaban J connectivity index is 1.05. The summed E-state index contributed by atoms with van der Waals surface area (Å²) in [7, 11) is 0. The van der Waals surface area contributed by atoms with E-state index in [1.54, 1.807) is 4.31 Å². The molecule has 3 aromatic carbocycles. The number of carbonyl (C=O) groups excluding carboxylic acids is 1. The van der Waals surface area contributed by atoms with Crippen molar-refractivity contribution < 1.29 is 4.79 Å². The number of rotatable bonds is 6. The van der Waals surface area contributed by atoms with Gasteiger partial charge in [0.25, 0.3) is 0 Å². The molecule has 0 aromatic heterocycles. The molecule has 0 unspecified atom stereocenters. The average molecular weight is 558 g/mol. The number of piperazine rings is 1. The Morgan fingerprint density at radius 1 is 0.919 bits per heavy atom. The minimum absolute atomic E-state index is 0.152. The maximum atomic E-state index is 13.0. The maximum Gasteiger partial charge on any atom is 0.331 e. The van der Waals surface area contributed by atoms with Crippen LogP contribution in [-0.2, 0) is 0 Å². The summed E-state index contributed by atoms with van der Waals surface area (Å²) in [5.74, 6) is 0.708. The molecule has 1 saturated heterocycles. The van der Waals surface area contributed by atoms with Gasteiger partial charge in [-0.15, -0.1) is 0 Å². The molecule has 1 saturated carbocycles. The van der Waals surface area contributed by atoms with Gasteiger partial charge in [-0.3, -0.25) is 9.21 Å². The SMILES string of the molecule is O=C(Nc1cccc2ccccc12)N(S)C1CCC(CCN2CCN(c3cccc(Cl)c3Cl)CC2)CC1. The zero-order chi connectivity index (χ0) is 25.8. The van der Waals surface area contributed by atoms with Crippen LogP contribution in [0.2, 0.25) is 10.0 Å². The minimum Gasteiger partial charge on any atom is -0.368 e. The van der Waals surface area contributed by atoms with Crippen LogP contribution in [0.25, 0.3) is 10.8 Å². The number of anilines is 2. The Morgan fingerprint density at radius 3 is 2.41 bits per heavy atom. The highest BCUT2D eigenvalue weighted by molar-refractivity contribution is 7.78. The summed E-state index contributed by atoms with van der Waals surface area (Å²) in [6.45, 7) is 5.13. The molecule has 3 aromatic rings. The molecular formula is C29H34Cl2N4OS. The summed E-state index contributed by atoms with van der Waals surface area (Å²) < 4.78 is 1.61. The average Bonchev–Trinajstić information content (AvgIpc) is 2.94. The van der Waals surface area contributed by atoms with Gasteiger partial charge in [0.15, 0.2) is 0 Å². The normalized spacial score (nSPS) is 20.7. The van der Waals surface area contributed by atoms with Crippen molar-refractivity contribution in [3.8, 4) is 0 Å². The standard InChI is InChI=1S/C29H34Cl2N4OS/c30-25-8-4-10-27(28(25)31)34-19-17-33(18-20-34)16-15-21-11-13-23(14-12-21)35(37)29(36)32-26-9-3-6-22-5-1-2-7-24(22)26/h1-10,21,23,37H,11-20H2,(H,32,36). The van der Waals surface area contributed by atoms with Crippen LogP contribution in [0.3, 0.4) is 0 Å². The molecule has 1 aliphatic carbocycles. The van der Waals surface area contributed by atoms with Crippen LogP contribution < -0.4 is 10.2 Å². The minimum atomic E-state index is -0.152. The fourth-order valence-electron chi connectivity index (χ4n) is 5.66. The van der Waals surface area contributed by atoms with Crippen LogP contribution in [0.4, 0.5) is 16.2 Å². The lowest BCUT2D eigenvalue weighted by Gasteiger charge is -2.38. The molecule has 1 N–H and O–H groups in total. The molecule has 2 fully saturated rings. The van der Waals surface area contributed by atoms with E-state index in [-0.39, 0.29) is 12.1 Å². The summed E-state index contributed by atoms with van der Waals surface area (Å²) in [5.41, 5.74) is 1.86. The number of hydrogen-bond donors (Lipinski definition) is 2. The van der Waals surface area contributed by atoms with Crippen molar-refractivity contribution in [2.45, 2.75) is 38.1 Å². The number of hydrogen-bond acceptors (Lipinski definition) is 4. The van der Waals surface area contributed by atoms with Crippen LogP contribution >= 0.6 is 36.0 Å². The fourth-order valence-corrected chi connectivity index (χ4v) is 6.36. The van der Waals surface area contributed by atoms with Gasteiger partial charge in [-0.2, -0.15) is 0 Å². The van der Waals surface area contributed by atoms with Crippen LogP contribution in [0, 0.1) is 5.92 Å². The van der Waals surface area contributed by atoms with E-state index in [0.29, 0.717) is 16.0 Å². The van der Waals surface area contributed by atoms with Crippen LogP contribution in [0.1, 0.15) is 32.1 Å². The number of halogens is 2. The molecule has 1 aliphatic heterocycles. The Bertz CT molecular complexity index is 1220. The Morgan fingerprint density at radius 2 is 1.62 bits per heavy atom. The lowest BCUT2D eigenvalue weighted by atomic mass is 9.84. The van der Waals surface area contributed by atoms with Gasteiger partial charge in [0, 0.05) is 37.6 Å². The molecule has 5 rings (SSSR count). The molecule has 5 nitrogen and oxygen atoms in total.